The molecule has 0 saturated carbocycles. The van der Waals surface area contributed by atoms with Gasteiger partial charge in [-0.05, 0) is 41.8 Å². The van der Waals surface area contributed by atoms with Gasteiger partial charge in [0.1, 0.15) is 0 Å². The molecule has 1 saturated heterocycles. The summed E-state index contributed by atoms with van der Waals surface area (Å²) in [5.41, 5.74) is 3.82. The van der Waals surface area contributed by atoms with E-state index < -0.39 is 10.0 Å². The summed E-state index contributed by atoms with van der Waals surface area (Å²) < 4.78 is 29.9. The molecule has 0 aliphatic carbocycles. The molecule has 0 spiro atoms. The summed E-state index contributed by atoms with van der Waals surface area (Å²) in [6.45, 7) is 2.90. The fourth-order valence-corrected chi connectivity index (χ4v) is 6.50. The highest BCUT2D eigenvalue weighted by Gasteiger charge is 2.30. The average molecular weight is 588 g/mol. The fraction of sp³-hybridized carbons (Fsp3) is 0.233. The van der Waals surface area contributed by atoms with E-state index in [2.05, 4.69) is 34.6 Å². The molecular weight excluding hydrogens is 558 g/mol. The predicted molar refractivity (Wildman–Crippen MR) is 162 cm³/mol. The smallest absolute Gasteiger partial charge is 0.243 e. The van der Waals surface area contributed by atoms with Crippen LogP contribution in [0.25, 0.3) is 11.2 Å². The maximum absolute atomic E-state index is 13.2. The monoisotopic (exact) mass is 587 g/mol. The Balaban J connectivity index is 1.25. The molecule has 41 heavy (non-hydrogen) atoms. The lowest BCUT2D eigenvalue weighted by atomic mass is 10.1. The number of hydrogen-bond acceptors (Lipinski definition) is 7. The summed E-state index contributed by atoms with van der Waals surface area (Å²) >= 11 is 5.96. The number of fused-ring (bicyclic) bond motifs is 1. The van der Waals surface area contributed by atoms with Crippen molar-refractivity contribution >= 4 is 44.6 Å². The molecular formula is C30H30ClN7O2S. The molecule has 0 bridgehead atoms. The van der Waals surface area contributed by atoms with Gasteiger partial charge >= 0.3 is 0 Å². The van der Waals surface area contributed by atoms with E-state index in [1.165, 1.54) is 9.87 Å². The van der Waals surface area contributed by atoms with E-state index in [0.717, 1.165) is 17.6 Å². The van der Waals surface area contributed by atoms with Crippen LogP contribution in [-0.2, 0) is 23.0 Å². The highest BCUT2D eigenvalue weighted by atomic mass is 35.5. The van der Waals surface area contributed by atoms with Crippen LogP contribution in [0.5, 0.6) is 0 Å². The minimum atomic E-state index is -3.62. The first-order valence-corrected chi connectivity index (χ1v) is 15.3. The van der Waals surface area contributed by atoms with E-state index in [4.69, 9.17) is 21.6 Å². The van der Waals surface area contributed by atoms with Crippen molar-refractivity contribution in [1.82, 2.24) is 23.8 Å². The zero-order valence-corrected chi connectivity index (χ0v) is 24.0. The number of rotatable bonds is 9. The van der Waals surface area contributed by atoms with Crippen molar-refractivity contribution in [3.63, 3.8) is 0 Å². The number of hydrogen-bond donors (Lipinski definition) is 1. The van der Waals surface area contributed by atoms with Crippen LogP contribution >= 0.6 is 11.6 Å². The number of aromatic nitrogens is 4. The van der Waals surface area contributed by atoms with E-state index in [0.29, 0.717) is 61.6 Å². The quantitative estimate of drug-likeness (QED) is 0.267. The minimum absolute atomic E-state index is 0.239. The van der Waals surface area contributed by atoms with Gasteiger partial charge in [-0.25, -0.2) is 13.4 Å². The van der Waals surface area contributed by atoms with Crippen molar-refractivity contribution in [1.29, 1.82) is 0 Å². The first-order valence-electron chi connectivity index (χ1n) is 13.5. The molecule has 1 fully saturated rings. The lowest BCUT2D eigenvalue weighted by molar-refractivity contribution is 0.382. The van der Waals surface area contributed by atoms with Crippen LogP contribution in [0.3, 0.4) is 0 Å². The number of anilines is 2. The largest absolute Gasteiger partial charge is 0.368 e. The van der Waals surface area contributed by atoms with Gasteiger partial charge in [0.05, 0.1) is 17.8 Å². The summed E-state index contributed by atoms with van der Waals surface area (Å²) in [5, 5.41) is 3.98. The molecule has 3 aromatic carbocycles. The molecule has 2 aromatic heterocycles. The molecule has 1 N–H and O–H groups in total. The van der Waals surface area contributed by atoms with Gasteiger partial charge in [0, 0.05) is 37.7 Å². The van der Waals surface area contributed by atoms with Gasteiger partial charge in [-0.3, -0.25) is 0 Å². The Bertz CT molecular complexity index is 1720. The lowest BCUT2D eigenvalue weighted by Crippen LogP contribution is -2.49. The molecule has 6 rings (SSSR count). The Morgan fingerprint density at radius 2 is 1.46 bits per heavy atom. The number of imidazole rings is 1. The average Bonchev–Trinajstić information content (AvgIpc) is 3.41. The molecule has 3 heterocycles. The molecule has 0 amide bonds. The third-order valence-electron chi connectivity index (χ3n) is 7.17. The molecule has 0 atom stereocenters. The van der Waals surface area contributed by atoms with Crippen molar-refractivity contribution in [2.75, 3.05) is 42.9 Å². The van der Waals surface area contributed by atoms with Gasteiger partial charge in [-0.1, -0.05) is 72.3 Å². The molecule has 9 nitrogen and oxygen atoms in total. The first-order chi connectivity index (χ1) is 20.0. The molecule has 210 valence electrons. The van der Waals surface area contributed by atoms with Gasteiger partial charge in [0.25, 0.3) is 0 Å². The van der Waals surface area contributed by atoms with Crippen molar-refractivity contribution in [3.8, 4) is 0 Å². The zero-order chi connectivity index (χ0) is 28.2. The summed E-state index contributed by atoms with van der Waals surface area (Å²) in [5.74, 6) is 1.22. The van der Waals surface area contributed by atoms with Gasteiger partial charge in [0.2, 0.25) is 16.0 Å². The second-order valence-electron chi connectivity index (χ2n) is 9.91. The van der Waals surface area contributed by atoms with Crippen LogP contribution in [0.1, 0.15) is 11.1 Å². The van der Waals surface area contributed by atoms with E-state index >= 15 is 0 Å². The Hall–Kier alpha value is -3.99. The molecule has 5 aromatic rings. The number of halogens is 1. The number of benzene rings is 3. The van der Waals surface area contributed by atoms with Crippen LogP contribution in [0, 0.1) is 0 Å². The Morgan fingerprint density at radius 3 is 2.15 bits per heavy atom. The first kappa shape index (κ1) is 27.2. The van der Waals surface area contributed by atoms with Gasteiger partial charge in [-0.15, -0.1) is 0 Å². The fourth-order valence-electron chi connectivity index (χ4n) is 4.95. The molecule has 1 aliphatic rings. The summed E-state index contributed by atoms with van der Waals surface area (Å²) in [6.07, 6.45) is 2.64. The highest BCUT2D eigenvalue weighted by Crippen LogP contribution is 2.26. The van der Waals surface area contributed by atoms with E-state index in [-0.39, 0.29) is 4.90 Å². The number of nitrogens with zero attached hydrogens (tertiary/aromatic N) is 6. The summed E-state index contributed by atoms with van der Waals surface area (Å²) in [6, 6.07) is 26.8. The van der Waals surface area contributed by atoms with Crippen LogP contribution in [-0.4, -0.2) is 65.0 Å². The number of nitrogens with one attached hydrogen (secondary N) is 1. The van der Waals surface area contributed by atoms with Gasteiger partial charge in [-0.2, -0.15) is 14.3 Å². The van der Waals surface area contributed by atoms with Crippen molar-refractivity contribution in [2.24, 2.45) is 0 Å². The summed E-state index contributed by atoms with van der Waals surface area (Å²) in [4.78, 5) is 16.8. The molecule has 11 heteroatoms. The second kappa shape index (κ2) is 11.9. The topological polar surface area (TPSA) is 96.3 Å². The maximum Gasteiger partial charge on any atom is 0.243 e. The number of piperazine rings is 1. The number of sulfonamides is 1. The van der Waals surface area contributed by atoms with E-state index in [1.54, 1.807) is 30.6 Å². The van der Waals surface area contributed by atoms with Crippen LogP contribution in [0.15, 0.2) is 96.2 Å². The Kier molecular flexibility index (Phi) is 7.86. The Labute approximate surface area is 244 Å². The van der Waals surface area contributed by atoms with Crippen molar-refractivity contribution < 1.29 is 8.42 Å². The van der Waals surface area contributed by atoms with Gasteiger partial charge in [0.15, 0.2) is 17.0 Å². The summed E-state index contributed by atoms with van der Waals surface area (Å²) in [7, 11) is -3.62. The van der Waals surface area contributed by atoms with Crippen molar-refractivity contribution in [2.45, 2.75) is 17.9 Å². The van der Waals surface area contributed by atoms with Crippen LogP contribution in [0.4, 0.5) is 11.8 Å². The standard InChI is InChI=1S/C30H30ClN7O2S/c31-25-11-13-26(14-12-25)41(39,40)38-19-17-36(18-20-38)30-34-28(32-16-15-23-7-3-1-4-8-23)27-29(35-30)37(22-33-27)21-24-9-5-2-6-10-24/h1-14,22H,15-21H2,(H,32,34,35). The van der Waals surface area contributed by atoms with E-state index in [9.17, 15) is 8.42 Å². The SMILES string of the molecule is O=S(=O)(c1ccc(Cl)cc1)N1CCN(c2nc(NCCc3ccccc3)c3ncn(Cc4ccccc4)c3n2)CC1. The third-order valence-corrected chi connectivity index (χ3v) is 9.33. The van der Waals surface area contributed by atoms with Crippen LogP contribution in [0.2, 0.25) is 5.02 Å². The van der Waals surface area contributed by atoms with Crippen molar-refractivity contribution in [3.05, 3.63) is 107 Å². The predicted octanol–water partition coefficient (Wildman–Crippen LogP) is 4.69. The third kappa shape index (κ3) is 6.04. The molecule has 0 unspecified atom stereocenters. The minimum Gasteiger partial charge on any atom is -0.368 e. The Morgan fingerprint density at radius 1 is 0.805 bits per heavy atom. The van der Waals surface area contributed by atoms with Crippen LogP contribution < -0.4 is 10.2 Å². The molecule has 0 radical (unpaired) electrons. The zero-order valence-electron chi connectivity index (χ0n) is 22.4. The highest BCUT2D eigenvalue weighted by molar-refractivity contribution is 7.89. The second-order valence-corrected chi connectivity index (χ2v) is 12.3. The van der Waals surface area contributed by atoms with E-state index in [1.807, 2.05) is 45.9 Å². The van der Waals surface area contributed by atoms with Gasteiger partial charge < -0.3 is 14.8 Å². The maximum atomic E-state index is 13.2. The lowest BCUT2D eigenvalue weighted by Gasteiger charge is -2.34. The molecule has 1 aliphatic heterocycles. The normalized spacial score (nSPS) is 14.4.